The molecule has 2 aromatic heterocycles. The second-order valence-corrected chi connectivity index (χ2v) is 8.33. The normalized spacial score (nSPS) is 14.5. The molecule has 0 saturated carbocycles. The lowest BCUT2D eigenvalue weighted by Crippen LogP contribution is -2.44. The van der Waals surface area contributed by atoms with E-state index in [0.29, 0.717) is 28.6 Å². The highest BCUT2D eigenvalue weighted by atomic mass is 16.3. The lowest BCUT2D eigenvalue weighted by molar-refractivity contribution is 0.0663. The second kappa shape index (κ2) is 8.81. The molecule has 0 spiro atoms. The van der Waals surface area contributed by atoms with Gasteiger partial charge in [0.05, 0.1) is 29.0 Å². The van der Waals surface area contributed by atoms with Crippen molar-refractivity contribution in [3.8, 4) is 28.9 Å². The van der Waals surface area contributed by atoms with Crippen LogP contribution in [0.1, 0.15) is 34.3 Å². The quantitative estimate of drug-likeness (QED) is 0.683. The molecule has 0 unspecified atom stereocenters. The SMILES string of the molecule is Cc1cc(C#N)ccc1-c1cnn(-c2ccc(C(=O)N3CCC(N(C)C)CC3)cn2)c1O. The van der Waals surface area contributed by atoms with Gasteiger partial charge in [0.25, 0.3) is 5.91 Å². The summed E-state index contributed by atoms with van der Waals surface area (Å²) >= 11 is 0. The average Bonchev–Trinajstić information content (AvgIpc) is 3.19. The van der Waals surface area contributed by atoms with Crippen LogP contribution in [0.4, 0.5) is 0 Å². The molecule has 1 fully saturated rings. The molecule has 1 N–H and O–H groups in total. The molecule has 8 nitrogen and oxygen atoms in total. The molecule has 0 aliphatic carbocycles. The molecule has 0 radical (unpaired) electrons. The van der Waals surface area contributed by atoms with Crippen LogP contribution in [-0.2, 0) is 0 Å². The van der Waals surface area contributed by atoms with Gasteiger partial charge < -0.3 is 14.9 Å². The van der Waals surface area contributed by atoms with Crippen molar-refractivity contribution in [3.05, 3.63) is 59.4 Å². The van der Waals surface area contributed by atoms with E-state index in [2.05, 4.69) is 35.1 Å². The van der Waals surface area contributed by atoms with Gasteiger partial charge in [0.1, 0.15) is 0 Å². The zero-order valence-corrected chi connectivity index (χ0v) is 18.5. The minimum atomic E-state index is -0.0462. The third kappa shape index (κ3) is 4.07. The Bertz CT molecular complexity index is 1170. The highest BCUT2D eigenvalue weighted by Gasteiger charge is 2.25. The number of aromatic hydroxyl groups is 1. The molecule has 32 heavy (non-hydrogen) atoms. The Morgan fingerprint density at radius 2 is 1.91 bits per heavy atom. The van der Waals surface area contributed by atoms with Crippen LogP contribution in [0.25, 0.3) is 16.9 Å². The van der Waals surface area contributed by atoms with Gasteiger partial charge in [0, 0.05) is 25.3 Å². The van der Waals surface area contributed by atoms with Crippen molar-refractivity contribution >= 4 is 5.91 Å². The highest BCUT2D eigenvalue weighted by Crippen LogP contribution is 2.33. The fourth-order valence-corrected chi connectivity index (χ4v) is 4.14. The molecule has 0 bridgehead atoms. The monoisotopic (exact) mass is 430 g/mol. The highest BCUT2D eigenvalue weighted by molar-refractivity contribution is 5.94. The molecule has 1 aliphatic heterocycles. The predicted molar refractivity (Wildman–Crippen MR) is 121 cm³/mol. The van der Waals surface area contributed by atoms with E-state index in [1.807, 2.05) is 11.8 Å². The summed E-state index contributed by atoms with van der Waals surface area (Å²) < 4.78 is 1.34. The van der Waals surface area contributed by atoms with Gasteiger partial charge in [-0.1, -0.05) is 6.07 Å². The fraction of sp³-hybridized carbons (Fsp3) is 0.333. The summed E-state index contributed by atoms with van der Waals surface area (Å²) in [5.41, 5.74) is 3.29. The first kappa shape index (κ1) is 21.5. The number of rotatable bonds is 4. The average molecular weight is 431 g/mol. The molecule has 4 rings (SSSR count). The maximum Gasteiger partial charge on any atom is 0.255 e. The van der Waals surface area contributed by atoms with Crippen molar-refractivity contribution in [1.29, 1.82) is 5.26 Å². The van der Waals surface area contributed by atoms with Crippen LogP contribution < -0.4 is 0 Å². The van der Waals surface area contributed by atoms with E-state index in [9.17, 15) is 9.90 Å². The molecule has 3 aromatic rings. The van der Waals surface area contributed by atoms with E-state index >= 15 is 0 Å². The summed E-state index contributed by atoms with van der Waals surface area (Å²) in [6.45, 7) is 3.35. The number of amides is 1. The maximum absolute atomic E-state index is 12.8. The van der Waals surface area contributed by atoms with Crippen molar-refractivity contribution < 1.29 is 9.90 Å². The summed E-state index contributed by atoms with van der Waals surface area (Å²) in [5.74, 6) is 0.345. The van der Waals surface area contributed by atoms with Crippen molar-refractivity contribution in [2.24, 2.45) is 0 Å². The van der Waals surface area contributed by atoms with Crippen LogP contribution in [-0.4, -0.2) is 68.8 Å². The Hall–Kier alpha value is -3.70. The molecule has 1 aliphatic rings. The molecule has 164 valence electrons. The summed E-state index contributed by atoms with van der Waals surface area (Å²) in [5, 5.41) is 24.1. The zero-order chi connectivity index (χ0) is 22.8. The van der Waals surface area contributed by atoms with E-state index in [0.717, 1.165) is 37.1 Å². The van der Waals surface area contributed by atoms with Gasteiger partial charge in [-0.2, -0.15) is 15.0 Å². The molecular weight excluding hydrogens is 404 g/mol. The van der Waals surface area contributed by atoms with Gasteiger partial charge in [-0.3, -0.25) is 4.79 Å². The Morgan fingerprint density at radius 3 is 2.50 bits per heavy atom. The molecule has 8 heteroatoms. The molecule has 0 atom stereocenters. The first-order chi connectivity index (χ1) is 15.4. The number of pyridine rings is 1. The number of benzene rings is 1. The molecule has 3 heterocycles. The van der Waals surface area contributed by atoms with E-state index in [1.54, 1.807) is 36.5 Å². The number of hydrogen-bond acceptors (Lipinski definition) is 6. The third-order valence-electron chi connectivity index (χ3n) is 6.08. The number of carbonyl (C=O) groups is 1. The minimum absolute atomic E-state index is 0.0279. The van der Waals surface area contributed by atoms with E-state index in [4.69, 9.17) is 5.26 Å². The number of piperidine rings is 1. The maximum atomic E-state index is 12.8. The van der Waals surface area contributed by atoms with Gasteiger partial charge in [0.15, 0.2) is 5.82 Å². The first-order valence-electron chi connectivity index (χ1n) is 10.6. The predicted octanol–water partition coefficient (Wildman–Crippen LogP) is 2.99. The van der Waals surface area contributed by atoms with Crippen molar-refractivity contribution in [1.82, 2.24) is 24.6 Å². The lowest BCUT2D eigenvalue weighted by atomic mass is 10.0. The van der Waals surface area contributed by atoms with E-state index < -0.39 is 0 Å². The molecular formula is C24H26N6O2. The van der Waals surface area contributed by atoms with Gasteiger partial charge in [-0.25, -0.2) is 4.98 Å². The Kier molecular flexibility index (Phi) is 5.93. The minimum Gasteiger partial charge on any atom is -0.493 e. The van der Waals surface area contributed by atoms with Gasteiger partial charge in [0.2, 0.25) is 5.88 Å². The van der Waals surface area contributed by atoms with E-state index in [-0.39, 0.29) is 11.8 Å². The van der Waals surface area contributed by atoms with Crippen LogP contribution >= 0.6 is 0 Å². The fourth-order valence-electron chi connectivity index (χ4n) is 4.14. The van der Waals surface area contributed by atoms with Crippen molar-refractivity contribution in [2.45, 2.75) is 25.8 Å². The smallest absolute Gasteiger partial charge is 0.255 e. The summed E-state index contributed by atoms with van der Waals surface area (Å²) in [6, 6.07) is 11.3. The third-order valence-corrected chi connectivity index (χ3v) is 6.08. The van der Waals surface area contributed by atoms with Gasteiger partial charge in [-0.05, 0) is 69.3 Å². The van der Waals surface area contributed by atoms with Crippen LogP contribution in [0, 0.1) is 18.3 Å². The zero-order valence-electron chi connectivity index (χ0n) is 18.5. The topological polar surface area (TPSA) is 98.3 Å². The molecule has 1 saturated heterocycles. The Balaban J connectivity index is 1.52. The van der Waals surface area contributed by atoms with Crippen molar-refractivity contribution in [2.75, 3.05) is 27.2 Å². The Labute approximate surface area is 187 Å². The second-order valence-electron chi connectivity index (χ2n) is 8.33. The number of nitrogens with zero attached hydrogens (tertiary/aromatic N) is 6. The van der Waals surface area contributed by atoms with Gasteiger partial charge >= 0.3 is 0 Å². The van der Waals surface area contributed by atoms with Crippen LogP contribution in [0.3, 0.4) is 0 Å². The largest absolute Gasteiger partial charge is 0.493 e. The lowest BCUT2D eigenvalue weighted by Gasteiger charge is -2.35. The van der Waals surface area contributed by atoms with Crippen LogP contribution in [0.5, 0.6) is 5.88 Å². The van der Waals surface area contributed by atoms with Crippen LogP contribution in [0.2, 0.25) is 0 Å². The van der Waals surface area contributed by atoms with Crippen molar-refractivity contribution in [3.63, 3.8) is 0 Å². The number of aromatic nitrogens is 3. The number of hydrogen-bond donors (Lipinski definition) is 1. The number of nitriles is 1. The van der Waals surface area contributed by atoms with Gasteiger partial charge in [-0.15, -0.1) is 0 Å². The summed E-state index contributed by atoms with van der Waals surface area (Å²) in [4.78, 5) is 21.3. The Morgan fingerprint density at radius 1 is 1.16 bits per heavy atom. The number of aryl methyl sites for hydroxylation is 1. The molecule has 1 aromatic carbocycles. The summed E-state index contributed by atoms with van der Waals surface area (Å²) in [6.07, 6.45) is 5.02. The van der Waals surface area contributed by atoms with E-state index in [1.165, 1.54) is 10.9 Å². The first-order valence-corrected chi connectivity index (χ1v) is 10.6. The van der Waals surface area contributed by atoms with Crippen LogP contribution in [0.15, 0.2) is 42.7 Å². The number of carbonyl (C=O) groups excluding carboxylic acids is 1. The summed E-state index contributed by atoms with van der Waals surface area (Å²) in [7, 11) is 4.15. The molecule has 1 amide bonds. The standard InChI is InChI=1S/C24H26N6O2/c1-16-12-17(13-25)4-6-20(16)21-15-27-30(24(21)32)22-7-5-18(14-26-22)23(31)29-10-8-19(9-11-29)28(2)3/h4-7,12,14-15,19,32H,8-11H2,1-3H3. The number of likely N-dealkylation sites (tertiary alicyclic amines) is 1.